The van der Waals surface area contributed by atoms with Crippen molar-refractivity contribution < 1.29 is 43.2 Å². The van der Waals surface area contributed by atoms with Gasteiger partial charge in [-0.2, -0.15) is 0 Å². The zero-order chi connectivity index (χ0) is 38.0. The lowest BCUT2D eigenvalue weighted by Crippen LogP contribution is -2.60. The first kappa shape index (κ1) is 36.8. The lowest BCUT2D eigenvalue weighted by atomic mass is 9.56. The molecule has 0 spiro atoms. The van der Waals surface area contributed by atoms with Crippen LogP contribution in [-0.2, 0) is 19.2 Å². The number of hydrogen-bond acceptors (Lipinski definition) is 9. The summed E-state index contributed by atoms with van der Waals surface area (Å²) in [5.41, 5.74) is 2.85. The topological polar surface area (TPSA) is 132 Å². The summed E-state index contributed by atoms with van der Waals surface area (Å²) in [6, 6.07) is 15.5. The van der Waals surface area contributed by atoms with E-state index in [1.165, 1.54) is 31.3 Å². The number of imide groups is 2. The zero-order valence-corrected chi connectivity index (χ0v) is 32.2. The molecule has 3 aromatic carbocycles. The van der Waals surface area contributed by atoms with Gasteiger partial charge in [0.05, 0.1) is 51.4 Å². The summed E-state index contributed by atoms with van der Waals surface area (Å²) in [5, 5.41) is 10.7. The molecule has 0 radical (unpaired) electrons. The molecule has 4 aliphatic rings. The molecule has 0 bridgehead atoms. The number of aromatic hydroxyl groups is 1. The monoisotopic (exact) mass is 824 g/mol. The molecule has 3 aromatic rings. The average molecular weight is 827 g/mol. The highest BCUT2D eigenvalue weighted by Gasteiger charge is 2.76. The van der Waals surface area contributed by atoms with Crippen LogP contribution in [0.25, 0.3) is 12.2 Å². The van der Waals surface area contributed by atoms with Crippen molar-refractivity contribution in [3.8, 4) is 28.7 Å². The van der Waals surface area contributed by atoms with Crippen LogP contribution in [0, 0.1) is 17.8 Å². The maximum absolute atomic E-state index is 14.5. The third-order valence-corrected chi connectivity index (χ3v) is 12.8. The largest absolute Gasteiger partial charge is 0.502 e. The van der Waals surface area contributed by atoms with Crippen LogP contribution in [0.15, 0.2) is 66.2 Å². The van der Waals surface area contributed by atoms with Crippen LogP contribution < -0.4 is 23.8 Å². The summed E-state index contributed by atoms with van der Waals surface area (Å²) in [7, 11) is 5.91. The lowest BCUT2D eigenvalue weighted by Gasteiger charge is -2.50. The fourth-order valence-electron chi connectivity index (χ4n) is 8.35. The van der Waals surface area contributed by atoms with E-state index in [2.05, 4.69) is 15.9 Å². The number of amides is 4. The molecule has 2 aliphatic carbocycles. The minimum atomic E-state index is -2.02. The number of allylic oxidation sites excluding steroid dienone is 2. The van der Waals surface area contributed by atoms with Crippen molar-refractivity contribution in [1.82, 2.24) is 4.90 Å². The molecule has 2 saturated heterocycles. The van der Waals surface area contributed by atoms with E-state index in [1.54, 1.807) is 38.5 Å². The van der Waals surface area contributed by atoms with Crippen LogP contribution in [0.5, 0.6) is 28.7 Å². The number of ether oxygens (including phenoxy) is 4. The lowest BCUT2D eigenvalue weighted by molar-refractivity contribution is -0.138. The molecule has 276 valence electrons. The Hall–Kier alpha value is -4.52. The van der Waals surface area contributed by atoms with E-state index < -0.39 is 51.1 Å². The van der Waals surface area contributed by atoms with Crippen molar-refractivity contribution in [2.45, 2.75) is 28.5 Å². The molecule has 4 amide bonds. The molecule has 14 heteroatoms. The second-order valence-corrected chi connectivity index (χ2v) is 15.0. The van der Waals surface area contributed by atoms with Gasteiger partial charge in [0, 0.05) is 11.5 Å². The number of fused-ring (bicyclic) bond motifs is 4. The fraction of sp³-hybridized carbons (Fsp3) is 0.333. The first-order valence-electron chi connectivity index (χ1n) is 16.7. The molecule has 0 aromatic heterocycles. The van der Waals surface area contributed by atoms with Gasteiger partial charge in [-0.3, -0.25) is 29.0 Å². The molecule has 2 heterocycles. The second-order valence-electron chi connectivity index (χ2n) is 13.3. The van der Waals surface area contributed by atoms with Crippen molar-refractivity contribution in [3.63, 3.8) is 0 Å². The third-order valence-electron chi connectivity index (χ3n) is 10.9. The normalized spacial score (nSPS) is 27.8. The average Bonchev–Trinajstić information content (AvgIpc) is 3.51. The van der Waals surface area contributed by atoms with Gasteiger partial charge in [-0.25, -0.2) is 0 Å². The molecule has 3 fully saturated rings. The molecular formula is C39H35BrCl2N2O9. The molecular weight excluding hydrogens is 791 g/mol. The highest BCUT2D eigenvalue weighted by atomic mass is 79.9. The molecule has 2 aliphatic heterocycles. The van der Waals surface area contributed by atoms with Crippen LogP contribution in [-0.4, -0.2) is 77.3 Å². The van der Waals surface area contributed by atoms with Crippen molar-refractivity contribution in [3.05, 3.63) is 82.9 Å². The van der Waals surface area contributed by atoms with Gasteiger partial charge in [0.15, 0.2) is 21.2 Å². The molecule has 1 N–H and O–H groups in total. The van der Waals surface area contributed by atoms with Gasteiger partial charge in [-0.1, -0.05) is 51.9 Å². The van der Waals surface area contributed by atoms with Crippen LogP contribution in [0.4, 0.5) is 5.69 Å². The number of carbonyl (C=O) groups excluding carboxylic acids is 4. The van der Waals surface area contributed by atoms with E-state index >= 15 is 0 Å². The van der Waals surface area contributed by atoms with Crippen LogP contribution in [0.2, 0.25) is 0 Å². The van der Waals surface area contributed by atoms with E-state index in [4.69, 9.17) is 42.1 Å². The SMILES string of the molecule is COc1ccc(OC)c(C=Cc2ccc(N3C(=O)[C@H]4[C@H](CC=C5[C@H]4C[C@@]4(Cl)C(=O)N(CBr)C(=O)[C@@]4(Cl)[C@H]5c4cc(OC)c(O)c(OC)c4)C3=O)cc2)c1. The van der Waals surface area contributed by atoms with Gasteiger partial charge in [-0.15, -0.1) is 23.2 Å². The number of alkyl halides is 3. The Morgan fingerprint density at radius 1 is 0.830 bits per heavy atom. The molecule has 7 rings (SSSR count). The smallest absolute Gasteiger partial charge is 0.254 e. The molecule has 1 saturated carbocycles. The van der Waals surface area contributed by atoms with Gasteiger partial charge < -0.3 is 24.1 Å². The molecule has 6 atom stereocenters. The summed E-state index contributed by atoms with van der Waals surface area (Å²) < 4.78 is 21.7. The minimum absolute atomic E-state index is 0.0459. The number of benzene rings is 3. The Kier molecular flexibility index (Phi) is 9.53. The predicted octanol–water partition coefficient (Wildman–Crippen LogP) is 6.51. The predicted molar refractivity (Wildman–Crippen MR) is 202 cm³/mol. The number of halogens is 3. The van der Waals surface area contributed by atoms with Crippen LogP contribution in [0.1, 0.15) is 35.4 Å². The van der Waals surface area contributed by atoms with Crippen LogP contribution >= 0.6 is 39.1 Å². The van der Waals surface area contributed by atoms with E-state index in [9.17, 15) is 24.3 Å². The Labute approximate surface area is 324 Å². The minimum Gasteiger partial charge on any atom is -0.502 e. The zero-order valence-electron chi connectivity index (χ0n) is 29.1. The van der Waals surface area contributed by atoms with Gasteiger partial charge in [-0.05, 0) is 72.4 Å². The van der Waals surface area contributed by atoms with Gasteiger partial charge >= 0.3 is 0 Å². The number of rotatable bonds is 9. The number of hydrogen-bond donors (Lipinski definition) is 1. The first-order chi connectivity index (χ1) is 25.4. The Bertz CT molecular complexity index is 2080. The summed E-state index contributed by atoms with van der Waals surface area (Å²) >= 11 is 17.9. The second kappa shape index (κ2) is 13.7. The Morgan fingerprint density at radius 3 is 2.09 bits per heavy atom. The van der Waals surface area contributed by atoms with E-state index in [-0.39, 0.29) is 41.5 Å². The van der Waals surface area contributed by atoms with Gasteiger partial charge in [0.25, 0.3) is 11.8 Å². The first-order valence-corrected chi connectivity index (χ1v) is 18.6. The molecule has 11 nitrogen and oxygen atoms in total. The maximum Gasteiger partial charge on any atom is 0.254 e. The number of phenolic OH excluding ortho intramolecular Hbond substituents is 1. The number of methoxy groups -OCH3 is 4. The van der Waals surface area contributed by atoms with Crippen molar-refractivity contribution >= 4 is 80.6 Å². The summed E-state index contributed by atoms with van der Waals surface area (Å²) in [6.07, 6.45) is 5.64. The van der Waals surface area contributed by atoms with Crippen molar-refractivity contribution in [2.75, 3.05) is 38.8 Å². The molecule has 53 heavy (non-hydrogen) atoms. The Balaban J connectivity index is 1.26. The molecule has 0 unspecified atom stereocenters. The number of phenols is 1. The standard InChI is InChI=1S/C39H35BrCl2N2O9/c1-50-24-11-14-28(51-2)21(15-24)8-5-20-6-9-23(10-7-20)44-34(46)26-13-12-25-27(31(26)35(44)47)18-38(41)36(48)43(19-40)37(49)39(38,42)32(25)22-16-29(52-3)33(45)30(17-22)53-4/h5-12,14-17,26-27,31-32,45H,13,18-19H2,1-4H3/t26-,27+,31-,32-,38+,39-/m0/s1. The highest BCUT2D eigenvalue weighted by molar-refractivity contribution is 9.09. The maximum atomic E-state index is 14.5. The number of carbonyl (C=O) groups is 4. The summed E-state index contributed by atoms with van der Waals surface area (Å²) in [4.78, 5) is 54.8. The summed E-state index contributed by atoms with van der Waals surface area (Å²) in [5.74, 6) is -4.45. The van der Waals surface area contributed by atoms with Crippen LogP contribution in [0.3, 0.4) is 0 Å². The number of likely N-dealkylation sites (tertiary alicyclic amines) is 1. The quantitative estimate of drug-likeness (QED) is 0.0844. The van der Waals surface area contributed by atoms with E-state index in [0.717, 1.165) is 16.0 Å². The van der Waals surface area contributed by atoms with Crippen molar-refractivity contribution in [1.29, 1.82) is 0 Å². The Morgan fingerprint density at radius 2 is 1.49 bits per heavy atom. The van der Waals surface area contributed by atoms with Gasteiger partial charge in [0.2, 0.25) is 17.6 Å². The number of nitrogens with zero attached hydrogens (tertiary/aromatic N) is 2. The number of anilines is 1. The van der Waals surface area contributed by atoms with Gasteiger partial charge in [0.1, 0.15) is 11.5 Å². The van der Waals surface area contributed by atoms with E-state index in [1.807, 2.05) is 36.4 Å². The van der Waals surface area contributed by atoms with Crippen molar-refractivity contribution in [2.24, 2.45) is 17.8 Å². The van der Waals surface area contributed by atoms with E-state index in [0.29, 0.717) is 28.3 Å². The fourth-order valence-corrected chi connectivity index (χ4v) is 9.78. The summed E-state index contributed by atoms with van der Waals surface area (Å²) in [6.45, 7) is 0. The third kappa shape index (κ3) is 5.43. The highest BCUT2D eigenvalue weighted by Crippen LogP contribution is 2.66.